The highest BCUT2D eigenvalue weighted by molar-refractivity contribution is 5.70. The van der Waals surface area contributed by atoms with Gasteiger partial charge in [0.25, 0.3) is 0 Å². The summed E-state index contributed by atoms with van der Waals surface area (Å²) < 4.78 is 78.6. The van der Waals surface area contributed by atoms with Gasteiger partial charge in [-0.2, -0.15) is 26.3 Å². The molecule has 2 aromatic rings. The first-order chi connectivity index (χ1) is 29.8. The molecule has 0 saturated heterocycles. The summed E-state index contributed by atoms with van der Waals surface area (Å²) in [4.78, 5) is 28.3. The van der Waals surface area contributed by atoms with Gasteiger partial charge in [0.05, 0.1) is 23.0 Å². The predicted octanol–water partition coefficient (Wildman–Crippen LogP) is 14.1. The second-order valence-corrected chi connectivity index (χ2v) is 20.8. The Balaban J connectivity index is 0.000000340. The number of hydrogen-bond donors (Lipinski definition) is 2. The second-order valence-electron chi connectivity index (χ2n) is 20.8. The minimum absolute atomic E-state index is 0.0353. The Labute approximate surface area is 381 Å². The molecule has 364 valence electrons. The first-order valence-corrected chi connectivity index (χ1v) is 24.1. The maximum absolute atomic E-state index is 13.1. The molecule has 0 radical (unpaired) electrons. The van der Waals surface area contributed by atoms with E-state index >= 15 is 0 Å². The van der Waals surface area contributed by atoms with Crippen LogP contribution in [-0.2, 0) is 21.9 Å². The van der Waals surface area contributed by atoms with E-state index in [0.717, 1.165) is 88.7 Å². The molecular weight excluding hydrogens is 831 g/mol. The molecule has 0 unspecified atom stereocenters. The van der Waals surface area contributed by atoms with E-state index < -0.39 is 47.3 Å². The molecule has 2 saturated carbocycles. The molecule has 8 atom stereocenters. The Morgan fingerprint density at radius 3 is 0.984 bits per heavy atom. The number of carbonyl (C=O) groups is 2. The van der Waals surface area contributed by atoms with Crippen molar-refractivity contribution in [2.45, 2.75) is 170 Å². The van der Waals surface area contributed by atoms with Crippen LogP contribution in [0.2, 0.25) is 0 Å². The molecule has 4 rings (SSSR count). The van der Waals surface area contributed by atoms with Gasteiger partial charge in [-0.25, -0.2) is 0 Å². The second kappa shape index (κ2) is 25.1. The minimum Gasteiger partial charge on any atom is -0.481 e. The van der Waals surface area contributed by atoms with Gasteiger partial charge in [0.1, 0.15) is 0 Å². The van der Waals surface area contributed by atoms with E-state index in [9.17, 15) is 46.1 Å². The summed E-state index contributed by atoms with van der Waals surface area (Å²) >= 11 is 0. The quantitative estimate of drug-likeness (QED) is 0.129. The van der Waals surface area contributed by atoms with Crippen molar-refractivity contribution < 1.29 is 46.1 Å². The van der Waals surface area contributed by atoms with Crippen molar-refractivity contribution in [2.24, 2.45) is 47.3 Å². The van der Waals surface area contributed by atoms with E-state index in [1.54, 1.807) is 38.1 Å². The van der Waals surface area contributed by atoms with Gasteiger partial charge >= 0.3 is 24.3 Å². The zero-order chi connectivity index (χ0) is 48.1. The van der Waals surface area contributed by atoms with E-state index in [4.69, 9.17) is 0 Å². The molecule has 2 aliphatic carbocycles. The van der Waals surface area contributed by atoms with E-state index in [0.29, 0.717) is 36.5 Å². The Morgan fingerprint density at radius 2 is 0.766 bits per heavy atom. The predicted molar refractivity (Wildman–Crippen MR) is 245 cm³/mol. The highest BCUT2D eigenvalue weighted by Gasteiger charge is 2.41. The third kappa shape index (κ3) is 17.3. The van der Waals surface area contributed by atoms with Crippen LogP contribution in [0.3, 0.4) is 0 Å². The summed E-state index contributed by atoms with van der Waals surface area (Å²) in [6.07, 6.45) is 0.418. The Kier molecular flexibility index (Phi) is 21.7. The van der Waals surface area contributed by atoms with E-state index in [1.165, 1.54) is 24.3 Å². The van der Waals surface area contributed by atoms with Crippen molar-refractivity contribution in [3.63, 3.8) is 0 Å². The lowest BCUT2D eigenvalue weighted by Crippen LogP contribution is -2.45. The van der Waals surface area contributed by atoms with E-state index in [2.05, 4.69) is 65.2 Å². The zero-order valence-corrected chi connectivity index (χ0v) is 40.3. The molecule has 12 heteroatoms. The van der Waals surface area contributed by atoms with Gasteiger partial charge < -0.3 is 10.2 Å². The smallest absolute Gasteiger partial charge is 0.416 e. The molecule has 0 amide bonds. The SMILES string of the molecule is CC(C)CCN(CCC(C)C)[C@@H]1CC[C@@H]([C@@H](C)C(=O)O)C[C@H]1c1ccc(C(F)(F)F)cc1.CC(C)CCN(CCC(C)C)[C@@H]1CC[C@@H]([C@H](C)C(=O)O)C[C@H]1c1ccc(C(F)(F)F)cc1. The van der Waals surface area contributed by atoms with Gasteiger partial charge in [0.15, 0.2) is 0 Å². The summed E-state index contributed by atoms with van der Waals surface area (Å²) in [7, 11) is 0. The monoisotopic (exact) mass is 911 g/mol. The fourth-order valence-electron chi connectivity index (χ4n) is 9.70. The largest absolute Gasteiger partial charge is 0.481 e. The van der Waals surface area contributed by atoms with Crippen LogP contribution >= 0.6 is 0 Å². The van der Waals surface area contributed by atoms with E-state index in [1.807, 2.05) is 0 Å². The van der Waals surface area contributed by atoms with Crippen LogP contribution < -0.4 is 0 Å². The van der Waals surface area contributed by atoms with Gasteiger partial charge in [-0.15, -0.1) is 0 Å². The number of carboxylic acids is 2. The van der Waals surface area contributed by atoms with Crippen molar-refractivity contribution in [3.8, 4) is 0 Å². The standard InChI is InChI=1S/2C26H40F3NO2/c2*1-17(2)12-14-30(15-13-18(3)4)24-11-8-21(19(5)25(31)32)16-23(24)20-6-9-22(10-7-20)26(27,28)29/h2*6-7,9-10,17-19,21,23-24H,8,11-16H2,1-5H3,(H,31,32)/t19-,21+,23-,24+;19-,21-,23+,24-/m01/s1. The molecule has 2 aromatic carbocycles. The number of benzene rings is 2. The van der Waals surface area contributed by atoms with Crippen LogP contribution in [0.4, 0.5) is 26.3 Å². The average molecular weight is 911 g/mol. The lowest BCUT2D eigenvalue weighted by Gasteiger charge is -2.44. The molecule has 0 spiro atoms. The van der Waals surface area contributed by atoms with Gasteiger partial charge in [0, 0.05) is 12.1 Å². The summed E-state index contributed by atoms with van der Waals surface area (Å²) in [6, 6.07) is 11.6. The molecule has 2 fully saturated rings. The van der Waals surface area contributed by atoms with Crippen LogP contribution in [0, 0.1) is 47.3 Å². The van der Waals surface area contributed by atoms with Crippen molar-refractivity contribution in [2.75, 3.05) is 26.2 Å². The Bertz CT molecular complexity index is 1530. The number of nitrogens with zero attached hydrogens (tertiary/aromatic N) is 2. The fourth-order valence-corrected chi connectivity index (χ4v) is 9.70. The van der Waals surface area contributed by atoms with Crippen molar-refractivity contribution in [1.29, 1.82) is 0 Å². The first kappa shape index (κ1) is 55.2. The highest BCUT2D eigenvalue weighted by Crippen LogP contribution is 2.45. The third-order valence-corrected chi connectivity index (χ3v) is 14.1. The van der Waals surface area contributed by atoms with Crippen LogP contribution in [0.1, 0.15) is 168 Å². The normalized spacial score (nSPS) is 23.2. The zero-order valence-electron chi connectivity index (χ0n) is 40.3. The first-order valence-electron chi connectivity index (χ1n) is 24.1. The number of halogens is 6. The van der Waals surface area contributed by atoms with Gasteiger partial charge in [-0.05, 0) is 173 Å². The molecule has 64 heavy (non-hydrogen) atoms. The van der Waals surface area contributed by atoms with Crippen molar-refractivity contribution in [3.05, 3.63) is 70.8 Å². The van der Waals surface area contributed by atoms with Crippen LogP contribution in [0.25, 0.3) is 0 Å². The topological polar surface area (TPSA) is 81.1 Å². The lowest BCUT2D eigenvalue weighted by atomic mass is 9.70. The lowest BCUT2D eigenvalue weighted by molar-refractivity contribution is -0.144. The minimum atomic E-state index is -4.36. The Hall–Kier alpha value is -3.12. The third-order valence-electron chi connectivity index (χ3n) is 14.1. The molecular formula is C52H80F6N2O4. The maximum atomic E-state index is 13.1. The highest BCUT2D eigenvalue weighted by atomic mass is 19.4. The molecule has 2 N–H and O–H groups in total. The number of rotatable bonds is 20. The molecule has 2 aliphatic rings. The van der Waals surface area contributed by atoms with Crippen molar-refractivity contribution >= 4 is 11.9 Å². The van der Waals surface area contributed by atoms with Crippen LogP contribution in [0.15, 0.2) is 48.5 Å². The van der Waals surface area contributed by atoms with Gasteiger partial charge in [-0.3, -0.25) is 19.4 Å². The number of carboxylic acid groups (broad SMARTS) is 2. The van der Waals surface area contributed by atoms with Crippen molar-refractivity contribution in [1.82, 2.24) is 9.80 Å². The number of hydrogen-bond acceptors (Lipinski definition) is 4. The maximum Gasteiger partial charge on any atom is 0.416 e. The number of aliphatic carboxylic acids is 2. The average Bonchev–Trinajstić information content (AvgIpc) is 3.22. The molecule has 0 aromatic heterocycles. The van der Waals surface area contributed by atoms with Crippen LogP contribution in [-0.4, -0.2) is 70.2 Å². The molecule has 6 nitrogen and oxygen atoms in total. The summed E-state index contributed by atoms with van der Waals surface area (Å²) in [5.41, 5.74) is 0.509. The van der Waals surface area contributed by atoms with Gasteiger partial charge in [-0.1, -0.05) is 93.5 Å². The fraction of sp³-hybridized carbons (Fsp3) is 0.731. The Morgan fingerprint density at radius 1 is 0.500 bits per heavy atom. The summed E-state index contributed by atoms with van der Waals surface area (Å²) in [5, 5.41) is 19.1. The van der Waals surface area contributed by atoms with Gasteiger partial charge in [0.2, 0.25) is 0 Å². The summed E-state index contributed by atoms with van der Waals surface area (Å²) in [6.45, 7) is 25.0. The molecule has 0 heterocycles. The summed E-state index contributed by atoms with van der Waals surface area (Å²) in [5.74, 6) is -0.0502. The van der Waals surface area contributed by atoms with Crippen LogP contribution in [0.5, 0.6) is 0 Å². The van der Waals surface area contributed by atoms with E-state index in [-0.39, 0.29) is 35.8 Å². The molecule has 0 bridgehead atoms. The number of alkyl halides is 6. The molecule has 0 aliphatic heterocycles.